The number of nitrogens with zero attached hydrogens (tertiary/aromatic N) is 2. The third kappa shape index (κ3) is 2.95. The summed E-state index contributed by atoms with van der Waals surface area (Å²) in [6.45, 7) is 5.41. The minimum Gasteiger partial charge on any atom is -0.444 e. The molecule has 6 nitrogen and oxygen atoms in total. The van der Waals surface area contributed by atoms with Gasteiger partial charge in [-0.15, -0.1) is 0 Å². The van der Waals surface area contributed by atoms with Gasteiger partial charge in [-0.3, -0.25) is 9.84 Å². The van der Waals surface area contributed by atoms with Crippen LogP contribution in [0.25, 0.3) is 0 Å². The third-order valence-corrected chi connectivity index (χ3v) is 2.03. The lowest BCUT2D eigenvalue weighted by atomic mass is 10.2. The lowest BCUT2D eigenvalue weighted by molar-refractivity contribution is -0.765. The highest BCUT2D eigenvalue weighted by molar-refractivity contribution is 5.82. The Balaban J connectivity index is 1.90. The maximum atomic E-state index is 11.4. The number of nitrogens with one attached hydrogen (secondary N) is 1. The van der Waals surface area contributed by atoms with E-state index in [9.17, 15) is 4.79 Å². The van der Waals surface area contributed by atoms with Crippen LogP contribution < -0.4 is 10.00 Å². The Morgan fingerprint density at radius 1 is 1.62 bits per heavy atom. The molecule has 1 N–H and O–H groups in total. The molecule has 0 saturated heterocycles. The molecule has 1 amide bonds. The number of aromatic nitrogens is 2. The smallest absolute Gasteiger partial charge is 0.414 e. The van der Waals surface area contributed by atoms with E-state index in [2.05, 4.69) is 10.6 Å². The molecule has 1 aromatic rings. The van der Waals surface area contributed by atoms with Gasteiger partial charge in [0.05, 0.1) is 0 Å². The van der Waals surface area contributed by atoms with Crippen molar-refractivity contribution in [1.29, 1.82) is 0 Å². The standard InChI is InChI=1S/C10H15N3O3/c1-10(2,3)15-9(14)11-8-6-13(12-16-8)7-4-5-7/h6-7H,4-5H2,1-3H3/p+1. The molecular weight excluding hydrogens is 210 g/mol. The second kappa shape index (κ2) is 3.77. The van der Waals surface area contributed by atoms with Gasteiger partial charge in [-0.2, -0.15) is 0 Å². The number of hydrogen-bond acceptors (Lipinski definition) is 4. The van der Waals surface area contributed by atoms with Crippen molar-refractivity contribution in [1.82, 2.24) is 5.27 Å². The minimum absolute atomic E-state index is 0.307. The summed E-state index contributed by atoms with van der Waals surface area (Å²) in [5.41, 5.74) is -0.517. The zero-order valence-corrected chi connectivity index (χ0v) is 9.69. The molecule has 2 rings (SSSR count). The molecule has 6 heteroatoms. The van der Waals surface area contributed by atoms with Crippen molar-refractivity contribution in [2.45, 2.75) is 45.3 Å². The fourth-order valence-corrected chi connectivity index (χ4v) is 1.23. The predicted molar refractivity (Wildman–Crippen MR) is 54.8 cm³/mol. The maximum Gasteiger partial charge on any atom is 0.414 e. The summed E-state index contributed by atoms with van der Waals surface area (Å²) < 4.78 is 11.7. The Hall–Kier alpha value is -1.59. The molecule has 0 spiro atoms. The summed E-state index contributed by atoms with van der Waals surface area (Å²) in [5, 5.41) is 6.29. The number of carbonyl (C=O) groups excluding carboxylic acids is 1. The van der Waals surface area contributed by atoms with Crippen LogP contribution in [0.4, 0.5) is 10.7 Å². The molecule has 0 aromatic carbocycles. The highest BCUT2D eigenvalue weighted by atomic mass is 16.6. The van der Waals surface area contributed by atoms with Crippen molar-refractivity contribution < 1.29 is 18.7 Å². The Morgan fingerprint density at radius 2 is 2.31 bits per heavy atom. The topological polar surface area (TPSA) is 68.2 Å². The molecule has 1 aliphatic rings. The van der Waals surface area contributed by atoms with E-state index < -0.39 is 11.7 Å². The van der Waals surface area contributed by atoms with Gasteiger partial charge in [0, 0.05) is 12.8 Å². The molecule has 1 aliphatic carbocycles. The van der Waals surface area contributed by atoms with Gasteiger partial charge in [-0.25, -0.2) is 4.79 Å². The number of anilines is 1. The van der Waals surface area contributed by atoms with E-state index in [0.29, 0.717) is 11.9 Å². The molecule has 0 atom stereocenters. The van der Waals surface area contributed by atoms with Crippen LogP contribution in [0.5, 0.6) is 0 Å². The third-order valence-electron chi connectivity index (χ3n) is 2.03. The van der Waals surface area contributed by atoms with Crippen molar-refractivity contribution in [3.05, 3.63) is 6.20 Å². The second-order valence-corrected chi connectivity index (χ2v) is 4.90. The minimum atomic E-state index is -0.536. The molecule has 1 saturated carbocycles. The molecular formula is C10H16N3O3+. The molecule has 0 bridgehead atoms. The number of hydrogen-bond donors (Lipinski definition) is 1. The number of ether oxygens (including phenoxy) is 1. The zero-order chi connectivity index (χ0) is 11.8. The summed E-state index contributed by atoms with van der Waals surface area (Å²) in [5.74, 6) is 0.307. The number of amides is 1. The van der Waals surface area contributed by atoms with Gasteiger partial charge >= 0.3 is 12.0 Å². The van der Waals surface area contributed by atoms with Gasteiger partial charge in [0.2, 0.25) is 5.27 Å². The Morgan fingerprint density at radius 3 is 2.88 bits per heavy atom. The quantitative estimate of drug-likeness (QED) is 0.778. The SMILES string of the molecule is CC(C)(C)OC(=O)Nc1c[n+](C2CC2)no1. The molecule has 16 heavy (non-hydrogen) atoms. The fourth-order valence-electron chi connectivity index (χ4n) is 1.23. The van der Waals surface area contributed by atoms with Gasteiger partial charge in [0.15, 0.2) is 6.04 Å². The molecule has 1 aromatic heterocycles. The van der Waals surface area contributed by atoms with Crippen LogP contribution in [-0.2, 0) is 4.74 Å². The average molecular weight is 226 g/mol. The van der Waals surface area contributed by atoms with E-state index in [-0.39, 0.29) is 0 Å². The first-order valence-corrected chi connectivity index (χ1v) is 5.32. The van der Waals surface area contributed by atoms with Crippen molar-refractivity contribution >= 4 is 12.0 Å². The van der Waals surface area contributed by atoms with Crippen molar-refractivity contribution in [3.8, 4) is 0 Å². The number of carbonyl (C=O) groups is 1. The molecule has 1 fully saturated rings. The second-order valence-electron chi connectivity index (χ2n) is 4.90. The number of rotatable bonds is 2. The Labute approximate surface area is 93.5 Å². The van der Waals surface area contributed by atoms with E-state index >= 15 is 0 Å². The van der Waals surface area contributed by atoms with Crippen LogP contribution in [0.1, 0.15) is 39.7 Å². The van der Waals surface area contributed by atoms with Gasteiger partial charge in [0.1, 0.15) is 5.60 Å². The van der Waals surface area contributed by atoms with Crippen LogP contribution in [0.2, 0.25) is 0 Å². The molecule has 0 radical (unpaired) electrons. The lowest BCUT2D eigenvalue weighted by Crippen LogP contribution is -2.33. The highest BCUT2D eigenvalue weighted by Crippen LogP contribution is 2.28. The summed E-state index contributed by atoms with van der Waals surface area (Å²) >= 11 is 0. The predicted octanol–water partition coefficient (Wildman–Crippen LogP) is 1.64. The fraction of sp³-hybridized carbons (Fsp3) is 0.700. The van der Waals surface area contributed by atoms with Gasteiger partial charge in [-0.05, 0) is 25.5 Å². The van der Waals surface area contributed by atoms with Crippen molar-refractivity contribution in [2.75, 3.05) is 5.32 Å². The van der Waals surface area contributed by atoms with E-state index in [4.69, 9.17) is 9.26 Å². The molecule has 0 unspecified atom stereocenters. The van der Waals surface area contributed by atoms with Gasteiger partial charge in [0.25, 0.3) is 6.20 Å². The molecule has 1 heterocycles. The normalized spacial score (nSPS) is 15.9. The van der Waals surface area contributed by atoms with Crippen molar-refractivity contribution in [2.24, 2.45) is 0 Å². The van der Waals surface area contributed by atoms with Crippen LogP contribution in [0.15, 0.2) is 10.7 Å². The summed E-state index contributed by atoms with van der Waals surface area (Å²) in [4.78, 5) is 11.4. The summed E-state index contributed by atoms with van der Waals surface area (Å²) in [6.07, 6.45) is 3.36. The monoisotopic (exact) mass is 226 g/mol. The lowest BCUT2D eigenvalue weighted by Gasteiger charge is -2.18. The van der Waals surface area contributed by atoms with Gasteiger partial charge in [-0.1, -0.05) is 0 Å². The summed E-state index contributed by atoms with van der Waals surface area (Å²) in [6, 6.07) is 0.429. The van der Waals surface area contributed by atoms with Crippen LogP contribution in [0.3, 0.4) is 0 Å². The van der Waals surface area contributed by atoms with Crippen LogP contribution in [-0.4, -0.2) is 17.0 Å². The van der Waals surface area contributed by atoms with Crippen LogP contribution >= 0.6 is 0 Å². The van der Waals surface area contributed by atoms with E-state index in [0.717, 1.165) is 12.8 Å². The van der Waals surface area contributed by atoms with Crippen molar-refractivity contribution in [3.63, 3.8) is 0 Å². The van der Waals surface area contributed by atoms with Gasteiger partial charge < -0.3 is 4.74 Å². The summed E-state index contributed by atoms with van der Waals surface area (Å²) in [7, 11) is 0. The maximum absolute atomic E-state index is 11.4. The average Bonchev–Trinajstić information content (AvgIpc) is 2.85. The van der Waals surface area contributed by atoms with E-state index in [1.807, 2.05) is 0 Å². The molecule has 88 valence electrons. The van der Waals surface area contributed by atoms with Crippen LogP contribution in [0, 0.1) is 0 Å². The highest BCUT2D eigenvalue weighted by Gasteiger charge is 2.36. The van der Waals surface area contributed by atoms with E-state index in [1.165, 1.54) is 0 Å². The largest absolute Gasteiger partial charge is 0.444 e. The Kier molecular flexibility index (Phi) is 2.57. The first-order chi connectivity index (χ1) is 7.44. The van der Waals surface area contributed by atoms with E-state index in [1.54, 1.807) is 31.6 Å². The Bertz CT molecular complexity index is 390. The first-order valence-electron chi connectivity index (χ1n) is 5.32. The zero-order valence-electron chi connectivity index (χ0n) is 9.69. The first kappa shape index (κ1) is 10.9. The molecule has 0 aliphatic heterocycles.